The molecule has 10 aromatic rings. The fourth-order valence-corrected chi connectivity index (χ4v) is 12.0. The Kier molecular flexibility index (Phi) is 8.17. The van der Waals surface area contributed by atoms with Crippen LogP contribution < -0.4 is 4.90 Å². The average Bonchev–Trinajstić information content (AvgIpc) is 3.89. The lowest BCUT2D eigenvalue weighted by Gasteiger charge is -2.30. The van der Waals surface area contributed by atoms with Crippen molar-refractivity contribution in [2.24, 2.45) is 0 Å². The molecular formula is C60H45NS. The molecule has 1 heterocycles. The Balaban J connectivity index is 1.07. The van der Waals surface area contributed by atoms with Crippen molar-refractivity contribution < 1.29 is 0 Å². The Labute approximate surface area is 368 Å². The lowest BCUT2D eigenvalue weighted by atomic mass is 9.82. The third kappa shape index (κ3) is 5.39. The van der Waals surface area contributed by atoms with Crippen molar-refractivity contribution in [2.75, 3.05) is 4.90 Å². The van der Waals surface area contributed by atoms with E-state index in [1.165, 1.54) is 98.1 Å². The van der Waals surface area contributed by atoms with Gasteiger partial charge in [0.2, 0.25) is 0 Å². The Morgan fingerprint density at radius 1 is 0.355 bits per heavy atom. The van der Waals surface area contributed by atoms with E-state index in [-0.39, 0.29) is 10.8 Å². The van der Waals surface area contributed by atoms with E-state index in [2.05, 4.69) is 233 Å². The highest BCUT2D eigenvalue weighted by Crippen LogP contribution is 2.55. The molecule has 62 heavy (non-hydrogen) atoms. The van der Waals surface area contributed by atoms with Crippen molar-refractivity contribution >= 4 is 48.6 Å². The van der Waals surface area contributed by atoms with Crippen LogP contribution in [-0.2, 0) is 10.8 Å². The molecule has 12 rings (SSSR count). The van der Waals surface area contributed by atoms with Gasteiger partial charge in [-0.1, -0.05) is 185 Å². The topological polar surface area (TPSA) is 3.24 Å². The van der Waals surface area contributed by atoms with Gasteiger partial charge in [-0.05, 0) is 109 Å². The minimum Gasteiger partial charge on any atom is -0.309 e. The predicted molar refractivity (Wildman–Crippen MR) is 265 cm³/mol. The van der Waals surface area contributed by atoms with Gasteiger partial charge in [-0.2, -0.15) is 0 Å². The molecule has 0 radical (unpaired) electrons. The minimum atomic E-state index is -0.101. The maximum atomic E-state index is 2.51. The molecule has 0 fully saturated rings. The van der Waals surface area contributed by atoms with E-state index in [1.54, 1.807) is 0 Å². The summed E-state index contributed by atoms with van der Waals surface area (Å²) in [5.74, 6) is 0. The van der Waals surface area contributed by atoms with Crippen LogP contribution in [0.15, 0.2) is 200 Å². The van der Waals surface area contributed by atoms with Gasteiger partial charge in [-0.3, -0.25) is 0 Å². The number of hydrogen-bond acceptors (Lipinski definition) is 2. The van der Waals surface area contributed by atoms with Crippen LogP contribution in [0.4, 0.5) is 17.1 Å². The maximum absolute atomic E-state index is 2.51. The van der Waals surface area contributed by atoms with E-state index in [4.69, 9.17) is 0 Å². The second-order valence-corrected chi connectivity index (χ2v) is 19.1. The maximum Gasteiger partial charge on any atom is 0.0540 e. The van der Waals surface area contributed by atoms with Crippen LogP contribution in [0.5, 0.6) is 0 Å². The number of thiophene rings is 1. The third-order valence-electron chi connectivity index (χ3n) is 13.9. The van der Waals surface area contributed by atoms with Crippen LogP contribution in [-0.4, -0.2) is 0 Å². The van der Waals surface area contributed by atoms with Crippen LogP contribution in [0.2, 0.25) is 0 Å². The summed E-state index contributed by atoms with van der Waals surface area (Å²) < 4.78 is 2.64. The number of benzene rings is 9. The van der Waals surface area contributed by atoms with Crippen molar-refractivity contribution in [3.63, 3.8) is 0 Å². The van der Waals surface area contributed by atoms with Gasteiger partial charge in [-0.25, -0.2) is 0 Å². The molecule has 2 heteroatoms. The minimum absolute atomic E-state index is 0.0561. The zero-order valence-corrected chi connectivity index (χ0v) is 36.2. The Morgan fingerprint density at radius 2 is 0.871 bits per heavy atom. The molecule has 1 aromatic heterocycles. The Bertz CT molecular complexity index is 3420. The van der Waals surface area contributed by atoms with E-state index in [9.17, 15) is 0 Å². The summed E-state index contributed by atoms with van der Waals surface area (Å²) in [6, 6.07) is 74.8. The molecule has 296 valence electrons. The molecule has 0 aliphatic heterocycles. The molecule has 2 aliphatic rings. The first-order valence-electron chi connectivity index (χ1n) is 21.8. The van der Waals surface area contributed by atoms with Crippen molar-refractivity contribution in [3.05, 3.63) is 222 Å². The van der Waals surface area contributed by atoms with Gasteiger partial charge in [0.25, 0.3) is 0 Å². The standard InChI is InChI=1S/C60H45NS/c1-59(2)49-24-10-5-18-43(49)48-37-39(33-36-51(48)59)41-17-7-12-27-53(41)61(40-34-31-38(32-35-40)42-22-16-30-56-58(42)47-21-9-14-29-55(47)62-56)54-28-13-8-19-44(54)45-23-15-26-52-57(45)46-20-6-11-25-50(46)60(52,3)4/h5-37H,1-4H3. The van der Waals surface area contributed by atoms with E-state index >= 15 is 0 Å². The zero-order chi connectivity index (χ0) is 41.7. The van der Waals surface area contributed by atoms with Crippen molar-refractivity contribution in [2.45, 2.75) is 38.5 Å². The van der Waals surface area contributed by atoms with E-state index in [0.717, 1.165) is 17.1 Å². The van der Waals surface area contributed by atoms with Crippen LogP contribution >= 0.6 is 11.3 Å². The van der Waals surface area contributed by atoms with Gasteiger partial charge in [0.15, 0.2) is 0 Å². The predicted octanol–water partition coefficient (Wildman–Crippen LogP) is 17.1. The lowest BCUT2D eigenvalue weighted by molar-refractivity contribution is 0.660. The second kappa shape index (κ2) is 13.8. The number of rotatable bonds is 6. The normalized spacial score (nSPS) is 14.1. The highest BCUT2D eigenvalue weighted by atomic mass is 32.1. The molecule has 0 unspecified atom stereocenters. The summed E-state index contributed by atoms with van der Waals surface area (Å²) in [6.07, 6.45) is 0. The van der Waals surface area contributed by atoms with Crippen molar-refractivity contribution in [1.29, 1.82) is 0 Å². The molecular weight excluding hydrogens is 767 g/mol. The lowest BCUT2D eigenvalue weighted by Crippen LogP contribution is -2.15. The largest absolute Gasteiger partial charge is 0.309 e. The van der Waals surface area contributed by atoms with Gasteiger partial charge in [-0.15, -0.1) is 11.3 Å². The van der Waals surface area contributed by atoms with E-state index in [0.29, 0.717) is 0 Å². The van der Waals surface area contributed by atoms with Crippen molar-refractivity contribution in [1.82, 2.24) is 0 Å². The van der Waals surface area contributed by atoms with Crippen molar-refractivity contribution in [3.8, 4) is 55.6 Å². The first-order valence-corrected chi connectivity index (χ1v) is 22.6. The Hall–Kier alpha value is -7.00. The van der Waals surface area contributed by atoms with Crippen LogP contribution in [0.25, 0.3) is 75.8 Å². The fraction of sp³-hybridized carbons (Fsp3) is 0.100. The molecule has 9 aromatic carbocycles. The smallest absolute Gasteiger partial charge is 0.0540 e. The highest BCUT2D eigenvalue weighted by molar-refractivity contribution is 7.25. The van der Waals surface area contributed by atoms with Crippen LogP contribution in [0.1, 0.15) is 49.9 Å². The third-order valence-corrected chi connectivity index (χ3v) is 15.1. The SMILES string of the molecule is CC1(C)c2ccccc2-c2cc(-c3ccccc3N(c3ccc(-c4cccc5sc6ccccc6c45)cc3)c3ccccc3-c3cccc4c3-c3ccccc3C4(C)C)ccc21. The molecule has 0 amide bonds. The number of anilines is 3. The Morgan fingerprint density at radius 3 is 1.66 bits per heavy atom. The quantitative estimate of drug-likeness (QED) is 0.162. The summed E-state index contributed by atoms with van der Waals surface area (Å²) in [5.41, 5.74) is 21.4. The fourth-order valence-electron chi connectivity index (χ4n) is 10.9. The van der Waals surface area contributed by atoms with Gasteiger partial charge in [0.05, 0.1) is 11.4 Å². The zero-order valence-electron chi connectivity index (χ0n) is 35.4. The molecule has 0 saturated carbocycles. The van der Waals surface area contributed by atoms with Gasteiger partial charge in [0.1, 0.15) is 0 Å². The average molecular weight is 812 g/mol. The molecule has 2 aliphatic carbocycles. The number of hydrogen-bond donors (Lipinski definition) is 0. The molecule has 0 N–H and O–H groups in total. The van der Waals surface area contributed by atoms with Gasteiger partial charge in [0, 0.05) is 47.8 Å². The number of para-hydroxylation sites is 2. The monoisotopic (exact) mass is 811 g/mol. The van der Waals surface area contributed by atoms with Crippen LogP contribution in [0.3, 0.4) is 0 Å². The molecule has 1 nitrogen and oxygen atoms in total. The van der Waals surface area contributed by atoms with Gasteiger partial charge >= 0.3 is 0 Å². The van der Waals surface area contributed by atoms with Gasteiger partial charge < -0.3 is 4.90 Å². The first kappa shape index (κ1) is 36.8. The summed E-state index contributed by atoms with van der Waals surface area (Å²) in [5, 5.41) is 2.65. The summed E-state index contributed by atoms with van der Waals surface area (Å²) in [7, 11) is 0. The number of nitrogens with zero attached hydrogens (tertiary/aromatic N) is 1. The summed E-state index contributed by atoms with van der Waals surface area (Å²) in [6.45, 7) is 9.45. The summed E-state index contributed by atoms with van der Waals surface area (Å²) in [4.78, 5) is 2.51. The molecule has 0 atom stereocenters. The number of fused-ring (bicyclic) bond motifs is 9. The highest BCUT2D eigenvalue weighted by Gasteiger charge is 2.38. The summed E-state index contributed by atoms with van der Waals surface area (Å²) >= 11 is 1.87. The molecule has 0 bridgehead atoms. The van der Waals surface area contributed by atoms with E-state index in [1.807, 2.05) is 11.3 Å². The van der Waals surface area contributed by atoms with Crippen LogP contribution in [0, 0.1) is 0 Å². The first-order chi connectivity index (χ1) is 30.3. The molecule has 0 spiro atoms. The second-order valence-electron chi connectivity index (χ2n) is 18.0. The molecule has 0 saturated heterocycles. The van der Waals surface area contributed by atoms with E-state index < -0.39 is 0 Å².